The van der Waals surface area contributed by atoms with Gasteiger partial charge in [0.05, 0.1) is 13.2 Å². The SMILES string of the molecule is CC/C=C\C/C=C\C/C=C\CCCCCCCC(=O)OC[C@@H](O)COP(=O)(O)OCCC(C)(C)C. The van der Waals surface area contributed by atoms with Crippen molar-refractivity contribution in [2.24, 2.45) is 5.41 Å². The first-order chi connectivity index (χ1) is 16.6. The number of hydrogen-bond acceptors (Lipinski definition) is 6. The molecule has 0 aromatic rings. The fourth-order valence-electron chi connectivity index (χ4n) is 2.88. The maximum absolute atomic E-state index is 11.8. The van der Waals surface area contributed by atoms with Crippen molar-refractivity contribution in [2.75, 3.05) is 19.8 Å². The molecule has 0 aliphatic heterocycles. The molecule has 0 aliphatic rings. The number of hydrogen-bond donors (Lipinski definition) is 2. The first-order valence-electron chi connectivity index (χ1n) is 13.0. The van der Waals surface area contributed by atoms with Gasteiger partial charge in [-0.1, -0.05) is 83.4 Å². The van der Waals surface area contributed by atoms with Crippen LogP contribution in [0.3, 0.4) is 0 Å². The lowest BCUT2D eigenvalue weighted by Gasteiger charge is -2.19. The molecule has 0 rings (SSSR count). The molecule has 7 nitrogen and oxygen atoms in total. The number of allylic oxidation sites excluding steroid dienone is 6. The highest BCUT2D eigenvalue weighted by Gasteiger charge is 2.24. The zero-order chi connectivity index (χ0) is 26.4. The average molecular weight is 517 g/mol. The molecule has 0 aromatic carbocycles. The molecule has 0 saturated heterocycles. The monoisotopic (exact) mass is 516 g/mol. The Morgan fingerprint density at radius 3 is 2.14 bits per heavy atom. The number of aliphatic hydroxyl groups excluding tert-OH is 1. The second-order valence-electron chi connectivity index (χ2n) is 9.85. The summed E-state index contributed by atoms with van der Waals surface area (Å²) in [4.78, 5) is 21.4. The van der Waals surface area contributed by atoms with Crippen molar-refractivity contribution in [2.45, 2.75) is 104 Å². The summed E-state index contributed by atoms with van der Waals surface area (Å²) in [6, 6.07) is 0. The Kier molecular flexibility index (Phi) is 20.2. The van der Waals surface area contributed by atoms with Gasteiger partial charge in [-0.05, 0) is 50.4 Å². The highest BCUT2D eigenvalue weighted by Crippen LogP contribution is 2.43. The van der Waals surface area contributed by atoms with Crippen LogP contribution < -0.4 is 0 Å². The Labute approximate surface area is 213 Å². The van der Waals surface area contributed by atoms with E-state index in [4.69, 9.17) is 13.8 Å². The van der Waals surface area contributed by atoms with Crippen LogP contribution in [-0.2, 0) is 23.1 Å². The Hall–Kier alpha value is -1.24. The number of aliphatic hydroxyl groups is 1. The first-order valence-corrected chi connectivity index (χ1v) is 14.5. The van der Waals surface area contributed by atoms with Crippen molar-refractivity contribution in [1.82, 2.24) is 0 Å². The standard InChI is InChI=1S/C27H49O7P/c1-5-6-7-8-9-10-11-12-13-14-15-16-17-18-19-20-26(29)32-23-25(28)24-34-35(30,31)33-22-21-27(2,3)4/h6-7,9-10,12-13,25,28H,5,8,11,14-24H2,1-4H3,(H,30,31)/b7-6-,10-9-,13-12-/t25-/m1/s1. The van der Waals surface area contributed by atoms with Crippen LogP contribution in [0.15, 0.2) is 36.5 Å². The van der Waals surface area contributed by atoms with Crippen LogP contribution in [0.4, 0.5) is 0 Å². The molecule has 0 bridgehead atoms. The summed E-state index contributed by atoms with van der Waals surface area (Å²) in [6.07, 6.45) is 22.1. The lowest BCUT2D eigenvalue weighted by atomic mass is 9.93. The van der Waals surface area contributed by atoms with E-state index >= 15 is 0 Å². The van der Waals surface area contributed by atoms with Gasteiger partial charge in [0.15, 0.2) is 0 Å². The maximum atomic E-state index is 11.8. The van der Waals surface area contributed by atoms with Gasteiger partial charge in [-0.25, -0.2) is 4.57 Å². The quantitative estimate of drug-likeness (QED) is 0.0729. The van der Waals surface area contributed by atoms with E-state index in [1.165, 1.54) is 0 Å². The molecule has 35 heavy (non-hydrogen) atoms. The third kappa shape index (κ3) is 25.7. The third-order valence-electron chi connectivity index (χ3n) is 5.00. The summed E-state index contributed by atoms with van der Waals surface area (Å²) in [6.45, 7) is 7.46. The highest BCUT2D eigenvalue weighted by atomic mass is 31.2. The minimum Gasteiger partial charge on any atom is -0.463 e. The van der Waals surface area contributed by atoms with Crippen LogP contribution in [0.25, 0.3) is 0 Å². The van der Waals surface area contributed by atoms with Gasteiger partial charge in [0.2, 0.25) is 0 Å². The van der Waals surface area contributed by atoms with Crippen molar-refractivity contribution < 1.29 is 33.1 Å². The molecule has 0 amide bonds. The summed E-state index contributed by atoms with van der Waals surface area (Å²) >= 11 is 0. The molecule has 0 fully saturated rings. The van der Waals surface area contributed by atoms with Crippen LogP contribution in [0.5, 0.6) is 0 Å². The largest absolute Gasteiger partial charge is 0.472 e. The molecule has 0 aliphatic carbocycles. The molecular formula is C27H49O7P. The normalized spacial score (nSPS) is 15.3. The van der Waals surface area contributed by atoms with E-state index in [2.05, 4.69) is 43.4 Å². The van der Waals surface area contributed by atoms with Crippen molar-refractivity contribution in [3.8, 4) is 0 Å². The Bertz CT molecular complexity index is 665. The third-order valence-corrected chi connectivity index (χ3v) is 5.99. The number of phosphoric ester groups is 1. The molecular weight excluding hydrogens is 467 g/mol. The topological polar surface area (TPSA) is 102 Å². The second-order valence-corrected chi connectivity index (χ2v) is 11.3. The molecule has 0 spiro atoms. The number of rotatable bonds is 21. The predicted molar refractivity (Wildman–Crippen MR) is 142 cm³/mol. The Morgan fingerprint density at radius 2 is 1.49 bits per heavy atom. The van der Waals surface area contributed by atoms with Crippen molar-refractivity contribution in [1.29, 1.82) is 0 Å². The molecule has 0 radical (unpaired) electrons. The Balaban J connectivity index is 3.66. The van der Waals surface area contributed by atoms with Crippen LogP contribution in [0.2, 0.25) is 0 Å². The molecule has 204 valence electrons. The van der Waals surface area contributed by atoms with E-state index in [9.17, 15) is 19.4 Å². The van der Waals surface area contributed by atoms with Gasteiger partial charge < -0.3 is 14.7 Å². The molecule has 0 aromatic heterocycles. The van der Waals surface area contributed by atoms with Crippen LogP contribution in [-0.4, -0.2) is 41.9 Å². The van der Waals surface area contributed by atoms with E-state index in [-0.39, 0.29) is 24.6 Å². The van der Waals surface area contributed by atoms with Gasteiger partial charge in [-0.15, -0.1) is 0 Å². The van der Waals surface area contributed by atoms with E-state index in [0.29, 0.717) is 12.8 Å². The average Bonchev–Trinajstić information content (AvgIpc) is 2.78. The molecule has 1 unspecified atom stereocenters. The van der Waals surface area contributed by atoms with Gasteiger partial charge in [0, 0.05) is 6.42 Å². The van der Waals surface area contributed by atoms with E-state index in [0.717, 1.165) is 57.8 Å². The van der Waals surface area contributed by atoms with Gasteiger partial charge in [0.25, 0.3) is 0 Å². The van der Waals surface area contributed by atoms with Crippen LogP contribution in [0, 0.1) is 5.41 Å². The second kappa shape index (κ2) is 20.9. The number of carbonyl (C=O) groups excluding carboxylic acids is 1. The number of carbonyl (C=O) groups is 1. The molecule has 0 saturated carbocycles. The maximum Gasteiger partial charge on any atom is 0.472 e. The van der Waals surface area contributed by atoms with E-state index in [1.807, 2.05) is 20.8 Å². The minimum atomic E-state index is -4.24. The van der Waals surface area contributed by atoms with Crippen LogP contribution in [0.1, 0.15) is 98.3 Å². The number of phosphoric acid groups is 1. The smallest absolute Gasteiger partial charge is 0.463 e. The molecule has 2 atom stereocenters. The zero-order valence-electron chi connectivity index (χ0n) is 22.3. The zero-order valence-corrected chi connectivity index (χ0v) is 23.2. The van der Waals surface area contributed by atoms with Gasteiger partial charge >= 0.3 is 13.8 Å². The van der Waals surface area contributed by atoms with Gasteiger partial charge in [-0.2, -0.15) is 0 Å². The number of esters is 1. The molecule has 8 heteroatoms. The highest BCUT2D eigenvalue weighted by molar-refractivity contribution is 7.47. The van der Waals surface area contributed by atoms with Crippen molar-refractivity contribution in [3.63, 3.8) is 0 Å². The summed E-state index contributed by atoms with van der Waals surface area (Å²) < 4.78 is 26.5. The first kappa shape index (κ1) is 33.8. The predicted octanol–water partition coefficient (Wildman–Crippen LogP) is 7.05. The fourth-order valence-corrected chi connectivity index (χ4v) is 3.64. The van der Waals surface area contributed by atoms with E-state index in [1.54, 1.807) is 0 Å². The summed E-state index contributed by atoms with van der Waals surface area (Å²) in [7, 11) is -4.24. The van der Waals surface area contributed by atoms with E-state index < -0.39 is 20.5 Å². The minimum absolute atomic E-state index is 0.0335. The number of unbranched alkanes of at least 4 members (excludes halogenated alkanes) is 5. The van der Waals surface area contributed by atoms with Crippen molar-refractivity contribution >= 4 is 13.8 Å². The lowest BCUT2D eigenvalue weighted by molar-refractivity contribution is -0.147. The van der Waals surface area contributed by atoms with Crippen LogP contribution >= 0.6 is 7.82 Å². The summed E-state index contributed by atoms with van der Waals surface area (Å²) in [5.41, 5.74) is -0.0335. The molecule has 2 N–H and O–H groups in total. The fraction of sp³-hybridized carbons (Fsp3) is 0.741. The lowest BCUT2D eigenvalue weighted by Crippen LogP contribution is -2.23. The van der Waals surface area contributed by atoms with Gasteiger partial charge in [0.1, 0.15) is 12.7 Å². The van der Waals surface area contributed by atoms with Gasteiger partial charge in [-0.3, -0.25) is 13.8 Å². The van der Waals surface area contributed by atoms with Crippen molar-refractivity contribution in [3.05, 3.63) is 36.5 Å². The summed E-state index contributed by atoms with van der Waals surface area (Å²) in [5.74, 6) is -0.390. The Morgan fingerprint density at radius 1 is 0.886 bits per heavy atom. The summed E-state index contributed by atoms with van der Waals surface area (Å²) in [5, 5.41) is 9.82. The molecule has 0 heterocycles. The number of ether oxygens (including phenoxy) is 1.